The summed E-state index contributed by atoms with van der Waals surface area (Å²) in [5.41, 5.74) is 2.10. The third-order valence-corrected chi connectivity index (χ3v) is 4.44. The molecule has 4 nitrogen and oxygen atoms in total. The summed E-state index contributed by atoms with van der Waals surface area (Å²) in [6, 6.07) is 7.92. The van der Waals surface area contributed by atoms with E-state index in [1.54, 1.807) is 0 Å². The minimum Gasteiger partial charge on any atom is -0.422 e. The van der Waals surface area contributed by atoms with Gasteiger partial charge in [-0.2, -0.15) is 5.26 Å². The van der Waals surface area contributed by atoms with Crippen LogP contribution in [0.3, 0.4) is 0 Å². The van der Waals surface area contributed by atoms with Gasteiger partial charge in [0.05, 0.1) is 5.69 Å². The van der Waals surface area contributed by atoms with Crippen molar-refractivity contribution in [1.29, 1.82) is 5.26 Å². The van der Waals surface area contributed by atoms with Crippen LogP contribution in [0.25, 0.3) is 11.0 Å². The van der Waals surface area contributed by atoms with Crippen LogP contribution < -0.4 is 10.5 Å². The van der Waals surface area contributed by atoms with Crippen molar-refractivity contribution in [2.45, 2.75) is 33.1 Å². The van der Waals surface area contributed by atoms with Gasteiger partial charge in [-0.15, -0.1) is 0 Å². The Labute approximate surface area is 130 Å². The lowest BCUT2D eigenvalue weighted by Crippen LogP contribution is -2.35. The molecule has 0 saturated carbocycles. The summed E-state index contributed by atoms with van der Waals surface area (Å²) in [5.74, 6) is 0.567. The maximum absolute atomic E-state index is 12.1. The predicted molar refractivity (Wildman–Crippen MR) is 87.2 cm³/mol. The van der Waals surface area contributed by atoms with Gasteiger partial charge >= 0.3 is 5.63 Å². The van der Waals surface area contributed by atoms with E-state index in [9.17, 15) is 10.1 Å². The third kappa shape index (κ3) is 2.48. The van der Waals surface area contributed by atoms with Gasteiger partial charge < -0.3 is 9.32 Å². The summed E-state index contributed by atoms with van der Waals surface area (Å²) in [4.78, 5) is 14.3. The Bertz CT molecular complexity index is 801. The first kappa shape index (κ1) is 14.6. The number of fused-ring (bicyclic) bond motifs is 1. The number of hydrogen-bond acceptors (Lipinski definition) is 4. The van der Waals surface area contributed by atoms with E-state index in [0.29, 0.717) is 11.5 Å². The van der Waals surface area contributed by atoms with Crippen molar-refractivity contribution in [3.8, 4) is 6.07 Å². The molecule has 0 radical (unpaired) electrons. The van der Waals surface area contributed by atoms with Crippen molar-refractivity contribution < 1.29 is 4.42 Å². The lowest BCUT2D eigenvalue weighted by atomic mass is 9.97. The Morgan fingerprint density at radius 1 is 1.45 bits per heavy atom. The van der Waals surface area contributed by atoms with Gasteiger partial charge in [-0.1, -0.05) is 19.9 Å². The Morgan fingerprint density at radius 2 is 2.27 bits per heavy atom. The standard InChI is InChI=1S/C18H20N2O2/c1-3-13-6-7-16-14(9-13)17(15(10-19)18(21)22-16)20-8-4-5-12(2)11-20/h6-7,9,12H,3-5,8,11H2,1-2H3. The van der Waals surface area contributed by atoms with Gasteiger partial charge in [-0.3, -0.25) is 0 Å². The van der Waals surface area contributed by atoms with Crippen molar-refractivity contribution in [1.82, 2.24) is 0 Å². The van der Waals surface area contributed by atoms with E-state index in [1.807, 2.05) is 18.2 Å². The lowest BCUT2D eigenvalue weighted by molar-refractivity contribution is 0.446. The molecular weight excluding hydrogens is 276 g/mol. The summed E-state index contributed by atoms with van der Waals surface area (Å²) in [5, 5.41) is 10.3. The van der Waals surface area contributed by atoms with E-state index in [0.717, 1.165) is 37.0 Å². The van der Waals surface area contributed by atoms with Crippen LogP contribution in [0.4, 0.5) is 5.69 Å². The third-order valence-electron chi connectivity index (χ3n) is 4.44. The smallest absolute Gasteiger partial charge is 0.356 e. The van der Waals surface area contributed by atoms with Gasteiger partial charge in [0.1, 0.15) is 11.7 Å². The first-order valence-electron chi connectivity index (χ1n) is 7.88. The number of aryl methyl sites for hydroxylation is 1. The van der Waals surface area contributed by atoms with E-state index >= 15 is 0 Å². The maximum atomic E-state index is 12.1. The van der Waals surface area contributed by atoms with E-state index < -0.39 is 5.63 Å². The Balaban J connectivity index is 2.28. The fourth-order valence-corrected chi connectivity index (χ4v) is 3.27. The second kappa shape index (κ2) is 5.84. The van der Waals surface area contributed by atoms with Gasteiger partial charge in [0.2, 0.25) is 0 Å². The van der Waals surface area contributed by atoms with Crippen molar-refractivity contribution in [3.05, 3.63) is 39.7 Å². The Hall–Kier alpha value is -2.28. The summed E-state index contributed by atoms with van der Waals surface area (Å²) < 4.78 is 5.34. The normalized spacial score (nSPS) is 18.4. The highest BCUT2D eigenvalue weighted by atomic mass is 16.4. The fourth-order valence-electron chi connectivity index (χ4n) is 3.27. The first-order valence-corrected chi connectivity index (χ1v) is 7.88. The molecule has 1 aromatic heterocycles. The Kier molecular flexibility index (Phi) is 3.89. The van der Waals surface area contributed by atoms with Gasteiger partial charge in [0.25, 0.3) is 0 Å². The van der Waals surface area contributed by atoms with Gasteiger partial charge in [0.15, 0.2) is 5.56 Å². The minimum atomic E-state index is -0.535. The molecule has 1 fully saturated rings. The monoisotopic (exact) mass is 296 g/mol. The van der Waals surface area contributed by atoms with E-state index in [1.165, 1.54) is 12.0 Å². The number of nitriles is 1. The fraction of sp³-hybridized carbons (Fsp3) is 0.444. The molecule has 2 heterocycles. The van der Waals surface area contributed by atoms with Crippen molar-refractivity contribution in [3.63, 3.8) is 0 Å². The molecule has 114 valence electrons. The molecule has 2 aromatic rings. The number of hydrogen-bond donors (Lipinski definition) is 0. The molecule has 0 aliphatic carbocycles. The Morgan fingerprint density at radius 3 is 2.95 bits per heavy atom. The first-order chi connectivity index (χ1) is 10.6. The summed E-state index contributed by atoms with van der Waals surface area (Å²) in [7, 11) is 0. The molecule has 0 amide bonds. The van der Waals surface area contributed by atoms with Crippen molar-refractivity contribution >= 4 is 16.7 Å². The number of anilines is 1. The predicted octanol–water partition coefficient (Wildman–Crippen LogP) is 3.46. The molecule has 1 aliphatic heterocycles. The number of piperidine rings is 1. The molecule has 22 heavy (non-hydrogen) atoms. The molecule has 4 heteroatoms. The zero-order chi connectivity index (χ0) is 15.7. The number of nitrogens with zero attached hydrogens (tertiary/aromatic N) is 2. The van der Waals surface area contributed by atoms with E-state index in [2.05, 4.69) is 24.8 Å². The average Bonchev–Trinajstić information content (AvgIpc) is 2.53. The zero-order valence-electron chi connectivity index (χ0n) is 13.1. The van der Waals surface area contributed by atoms with E-state index in [-0.39, 0.29) is 5.56 Å². The topological polar surface area (TPSA) is 57.2 Å². The quantitative estimate of drug-likeness (QED) is 0.796. The lowest BCUT2D eigenvalue weighted by Gasteiger charge is -2.33. The molecule has 3 rings (SSSR count). The number of rotatable bonds is 2. The molecule has 1 unspecified atom stereocenters. The molecular formula is C18H20N2O2. The second-order valence-electron chi connectivity index (χ2n) is 6.10. The molecule has 0 N–H and O–H groups in total. The van der Waals surface area contributed by atoms with Crippen LogP contribution >= 0.6 is 0 Å². The highest BCUT2D eigenvalue weighted by molar-refractivity contribution is 5.93. The van der Waals surface area contributed by atoms with Crippen LogP contribution in [-0.4, -0.2) is 13.1 Å². The van der Waals surface area contributed by atoms with Gasteiger partial charge in [-0.25, -0.2) is 4.79 Å². The van der Waals surface area contributed by atoms with Crippen molar-refractivity contribution in [2.24, 2.45) is 5.92 Å². The average molecular weight is 296 g/mol. The summed E-state index contributed by atoms with van der Waals surface area (Å²) >= 11 is 0. The SMILES string of the molecule is CCc1ccc2oc(=O)c(C#N)c(N3CCCC(C)C3)c2c1. The van der Waals surface area contributed by atoms with Gasteiger partial charge in [0, 0.05) is 18.5 Å². The van der Waals surface area contributed by atoms with Crippen LogP contribution in [0.2, 0.25) is 0 Å². The van der Waals surface area contributed by atoms with Gasteiger partial charge in [-0.05, 0) is 42.9 Å². The van der Waals surface area contributed by atoms with Crippen LogP contribution in [0.15, 0.2) is 27.4 Å². The molecule has 1 saturated heterocycles. The van der Waals surface area contributed by atoms with Crippen molar-refractivity contribution in [2.75, 3.05) is 18.0 Å². The molecule has 1 aromatic carbocycles. The highest BCUT2D eigenvalue weighted by Crippen LogP contribution is 2.32. The van der Waals surface area contributed by atoms with Crippen LogP contribution in [-0.2, 0) is 6.42 Å². The zero-order valence-corrected chi connectivity index (χ0v) is 13.1. The summed E-state index contributed by atoms with van der Waals surface area (Å²) in [6.45, 7) is 6.06. The highest BCUT2D eigenvalue weighted by Gasteiger charge is 2.24. The molecule has 0 bridgehead atoms. The van der Waals surface area contributed by atoms with Crippen LogP contribution in [0.1, 0.15) is 37.8 Å². The summed E-state index contributed by atoms with van der Waals surface area (Å²) in [6.07, 6.45) is 3.19. The molecule has 0 spiro atoms. The molecule has 1 atom stereocenters. The van der Waals surface area contributed by atoms with Crippen LogP contribution in [0, 0.1) is 17.2 Å². The van der Waals surface area contributed by atoms with E-state index in [4.69, 9.17) is 4.42 Å². The largest absolute Gasteiger partial charge is 0.422 e. The van der Waals surface area contributed by atoms with Crippen LogP contribution in [0.5, 0.6) is 0 Å². The molecule has 1 aliphatic rings. The second-order valence-corrected chi connectivity index (χ2v) is 6.10. The number of benzene rings is 1. The minimum absolute atomic E-state index is 0.134. The maximum Gasteiger partial charge on any atom is 0.356 e.